The molecule has 0 heterocycles. The standard InChI is InChI=1S/C32H58O8/c1-3-5-7-9-10-11-12-13-14-15-16-17-18-19-21-23-25-39-31(37)32(38,26-28(33)34)27-30(36)40-29(35)24-22-20-8-6-4-2/h38H,3-27H2,1-2H3,(H,33,34). The number of aliphatic hydroxyl groups is 1. The molecule has 0 aliphatic heterocycles. The Balaban J connectivity index is 4.01. The zero-order valence-electron chi connectivity index (χ0n) is 25.5. The van der Waals surface area contributed by atoms with Crippen molar-refractivity contribution >= 4 is 23.9 Å². The molecule has 2 N–H and O–H groups in total. The fourth-order valence-corrected chi connectivity index (χ4v) is 4.73. The number of rotatable bonds is 28. The Hall–Kier alpha value is -1.96. The zero-order chi connectivity index (χ0) is 29.9. The number of hydrogen-bond acceptors (Lipinski definition) is 7. The monoisotopic (exact) mass is 570 g/mol. The normalized spacial score (nSPS) is 12.6. The van der Waals surface area contributed by atoms with E-state index in [-0.39, 0.29) is 13.0 Å². The smallest absolute Gasteiger partial charge is 0.339 e. The Kier molecular flexibility index (Phi) is 24.7. The molecule has 1 atom stereocenters. The van der Waals surface area contributed by atoms with E-state index < -0.39 is 42.3 Å². The fourth-order valence-electron chi connectivity index (χ4n) is 4.73. The first-order valence-corrected chi connectivity index (χ1v) is 16.1. The van der Waals surface area contributed by atoms with Crippen LogP contribution in [-0.2, 0) is 28.7 Å². The topological polar surface area (TPSA) is 127 Å². The van der Waals surface area contributed by atoms with Gasteiger partial charge in [0.15, 0.2) is 5.60 Å². The van der Waals surface area contributed by atoms with Gasteiger partial charge in [0.1, 0.15) is 0 Å². The van der Waals surface area contributed by atoms with E-state index in [0.29, 0.717) is 12.8 Å². The van der Waals surface area contributed by atoms with E-state index in [1.54, 1.807) is 0 Å². The molecule has 8 heteroatoms. The van der Waals surface area contributed by atoms with Crippen molar-refractivity contribution in [2.45, 2.75) is 174 Å². The number of ether oxygens (including phenoxy) is 2. The molecule has 0 bridgehead atoms. The van der Waals surface area contributed by atoms with Gasteiger partial charge in [0.2, 0.25) is 0 Å². The van der Waals surface area contributed by atoms with Crippen LogP contribution in [-0.4, -0.2) is 46.3 Å². The van der Waals surface area contributed by atoms with Crippen molar-refractivity contribution in [1.82, 2.24) is 0 Å². The van der Waals surface area contributed by atoms with Crippen molar-refractivity contribution in [2.24, 2.45) is 0 Å². The largest absolute Gasteiger partial charge is 0.481 e. The van der Waals surface area contributed by atoms with E-state index in [9.17, 15) is 24.3 Å². The summed E-state index contributed by atoms with van der Waals surface area (Å²) in [5.41, 5.74) is -2.57. The predicted molar refractivity (Wildman–Crippen MR) is 157 cm³/mol. The third kappa shape index (κ3) is 22.8. The van der Waals surface area contributed by atoms with Crippen molar-refractivity contribution in [1.29, 1.82) is 0 Å². The highest BCUT2D eigenvalue weighted by atomic mass is 16.6. The second-order valence-electron chi connectivity index (χ2n) is 11.2. The minimum Gasteiger partial charge on any atom is -0.481 e. The Morgan fingerprint density at radius 3 is 1.38 bits per heavy atom. The van der Waals surface area contributed by atoms with E-state index in [1.165, 1.54) is 77.0 Å². The lowest BCUT2D eigenvalue weighted by atomic mass is 9.95. The molecule has 8 nitrogen and oxygen atoms in total. The first kappa shape index (κ1) is 38.0. The van der Waals surface area contributed by atoms with E-state index in [0.717, 1.165) is 44.9 Å². The number of carboxylic acid groups (broad SMARTS) is 1. The van der Waals surface area contributed by atoms with Crippen molar-refractivity contribution in [3.8, 4) is 0 Å². The van der Waals surface area contributed by atoms with Crippen molar-refractivity contribution < 1.29 is 38.9 Å². The summed E-state index contributed by atoms with van der Waals surface area (Å²) >= 11 is 0. The van der Waals surface area contributed by atoms with Gasteiger partial charge in [0.25, 0.3) is 0 Å². The van der Waals surface area contributed by atoms with Crippen LogP contribution < -0.4 is 0 Å². The maximum Gasteiger partial charge on any atom is 0.339 e. The molecule has 0 radical (unpaired) electrons. The number of carboxylic acids is 1. The van der Waals surface area contributed by atoms with Gasteiger partial charge in [-0.1, -0.05) is 136 Å². The molecule has 40 heavy (non-hydrogen) atoms. The lowest BCUT2D eigenvalue weighted by Crippen LogP contribution is -2.44. The van der Waals surface area contributed by atoms with Crippen molar-refractivity contribution in [3.63, 3.8) is 0 Å². The Labute approximate surface area is 243 Å². The SMILES string of the molecule is CCCCCCCCCCCCCCCCCCOC(=O)C(O)(CC(=O)O)CC(=O)OC(=O)CCCCCCC. The second-order valence-corrected chi connectivity index (χ2v) is 11.2. The number of carbonyl (C=O) groups excluding carboxylic acids is 3. The maximum absolute atomic E-state index is 12.4. The van der Waals surface area contributed by atoms with Gasteiger partial charge in [-0.2, -0.15) is 0 Å². The maximum atomic E-state index is 12.4. The van der Waals surface area contributed by atoms with Crippen LogP contribution in [0.2, 0.25) is 0 Å². The fraction of sp³-hybridized carbons (Fsp3) is 0.875. The Bertz CT molecular complexity index is 678. The van der Waals surface area contributed by atoms with Crippen molar-refractivity contribution in [3.05, 3.63) is 0 Å². The number of aliphatic carboxylic acids is 1. The molecule has 0 fully saturated rings. The van der Waals surface area contributed by atoms with Gasteiger partial charge in [-0.3, -0.25) is 14.4 Å². The summed E-state index contributed by atoms with van der Waals surface area (Å²) in [5, 5.41) is 19.7. The van der Waals surface area contributed by atoms with E-state index in [1.807, 2.05) is 0 Å². The molecule has 0 amide bonds. The number of carbonyl (C=O) groups is 4. The molecule has 0 spiro atoms. The number of unbranched alkanes of at least 4 members (excludes halogenated alkanes) is 19. The molecular formula is C32H58O8. The van der Waals surface area contributed by atoms with Crippen LogP contribution in [0.4, 0.5) is 0 Å². The van der Waals surface area contributed by atoms with Gasteiger partial charge in [-0.15, -0.1) is 0 Å². The van der Waals surface area contributed by atoms with E-state index in [4.69, 9.17) is 9.84 Å². The van der Waals surface area contributed by atoms with E-state index >= 15 is 0 Å². The third-order valence-electron chi connectivity index (χ3n) is 7.20. The van der Waals surface area contributed by atoms with Gasteiger partial charge >= 0.3 is 23.9 Å². The Morgan fingerprint density at radius 1 is 0.550 bits per heavy atom. The van der Waals surface area contributed by atoms with Crippen LogP contribution in [0.15, 0.2) is 0 Å². The zero-order valence-corrected chi connectivity index (χ0v) is 25.5. The molecule has 0 rings (SSSR count). The summed E-state index contributed by atoms with van der Waals surface area (Å²) in [6, 6.07) is 0. The van der Waals surface area contributed by atoms with Gasteiger partial charge in [0, 0.05) is 6.42 Å². The molecule has 0 saturated heterocycles. The summed E-state index contributed by atoms with van der Waals surface area (Å²) in [7, 11) is 0. The number of esters is 3. The second kappa shape index (κ2) is 26.0. The summed E-state index contributed by atoms with van der Waals surface area (Å²) in [5.74, 6) is -4.53. The highest BCUT2D eigenvalue weighted by Gasteiger charge is 2.43. The van der Waals surface area contributed by atoms with Crippen LogP contribution >= 0.6 is 0 Å². The van der Waals surface area contributed by atoms with Crippen LogP contribution in [0.1, 0.15) is 168 Å². The minimum atomic E-state index is -2.57. The molecule has 234 valence electrons. The first-order chi connectivity index (χ1) is 19.2. The van der Waals surface area contributed by atoms with Crippen LogP contribution in [0.3, 0.4) is 0 Å². The first-order valence-electron chi connectivity index (χ1n) is 16.1. The van der Waals surface area contributed by atoms with Crippen LogP contribution in [0.25, 0.3) is 0 Å². The van der Waals surface area contributed by atoms with Gasteiger partial charge < -0.3 is 19.7 Å². The van der Waals surface area contributed by atoms with E-state index in [2.05, 4.69) is 18.6 Å². The average Bonchev–Trinajstić information content (AvgIpc) is 2.89. The summed E-state index contributed by atoms with van der Waals surface area (Å²) in [4.78, 5) is 47.6. The summed E-state index contributed by atoms with van der Waals surface area (Å²) in [6.07, 6.45) is 22.1. The highest BCUT2D eigenvalue weighted by Crippen LogP contribution is 2.20. The third-order valence-corrected chi connectivity index (χ3v) is 7.20. The number of hydrogen-bond donors (Lipinski definition) is 2. The lowest BCUT2D eigenvalue weighted by Gasteiger charge is -2.23. The van der Waals surface area contributed by atoms with Gasteiger partial charge in [-0.25, -0.2) is 4.79 Å². The van der Waals surface area contributed by atoms with Gasteiger partial charge in [0.05, 0.1) is 19.4 Å². The van der Waals surface area contributed by atoms with Crippen LogP contribution in [0, 0.1) is 0 Å². The molecule has 1 unspecified atom stereocenters. The molecule has 0 saturated carbocycles. The molecule has 0 aliphatic carbocycles. The highest BCUT2D eigenvalue weighted by molar-refractivity contribution is 5.92. The average molecular weight is 571 g/mol. The quantitative estimate of drug-likeness (QED) is 0.0554. The Morgan fingerprint density at radius 2 is 0.950 bits per heavy atom. The summed E-state index contributed by atoms with van der Waals surface area (Å²) in [6.45, 7) is 4.36. The van der Waals surface area contributed by atoms with Crippen molar-refractivity contribution in [2.75, 3.05) is 6.61 Å². The minimum absolute atomic E-state index is 0.0327. The van der Waals surface area contributed by atoms with Crippen LogP contribution in [0.5, 0.6) is 0 Å². The molecule has 0 aromatic rings. The van der Waals surface area contributed by atoms with Gasteiger partial charge in [-0.05, 0) is 12.8 Å². The predicted octanol–water partition coefficient (Wildman–Crippen LogP) is 7.82. The molecular weight excluding hydrogens is 512 g/mol. The summed E-state index contributed by atoms with van der Waals surface area (Å²) < 4.78 is 9.77. The molecule has 0 aromatic heterocycles. The molecule has 0 aliphatic rings. The lowest BCUT2D eigenvalue weighted by molar-refractivity contribution is -0.178. The molecule has 0 aromatic carbocycles.